The van der Waals surface area contributed by atoms with Gasteiger partial charge in [0.2, 0.25) is 5.91 Å². The fourth-order valence-electron chi connectivity index (χ4n) is 1.69. The second kappa shape index (κ2) is 7.05. The molecule has 0 fully saturated rings. The van der Waals surface area contributed by atoms with Crippen molar-refractivity contribution in [2.75, 3.05) is 6.61 Å². The number of ether oxygens (including phenoxy) is 1. The molecule has 1 amide bonds. The predicted molar refractivity (Wildman–Crippen MR) is 75.1 cm³/mol. The minimum atomic E-state index is -1.05. The number of rotatable bonds is 6. The summed E-state index contributed by atoms with van der Waals surface area (Å²) < 4.78 is 5.27. The highest BCUT2D eigenvalue weighted by atomic mass is 16.5. The van der Waals surface area contributed by atoms with E-state index in [9.17, 15) is 9.59 Å². The van der Waals surface area contributed by atoms with E-state index in [0.717, 1.165) is 5.56 Å². The molecule has 0 saturated carbocycles. The fourth-order valence-corrected chi connectivity index (χ4v) is 1.69. The molecule has 1 aromatic rings. The largest absolute Gasteiger partial charge is 0.480 e. The Kier molecular flexibility index (Phi) is 5.70. The lowest BCUT2D eigenvalue weighted by Gasteiger charge is -2.27. The minimum Gasteiger partial charge on any atom is -0.480 e. The summed E-state index contributed by atoms with van der Waals surface area (Å²) in [6.45, 7) is 5.45. The minimum absolute atomic E-state index is 0.158. The Labute approximate surface area is 118 Å². The summed E-state index contributed by atoms with van der Waals surface area (Å²) in [7, 11) is 0. The maximum atomic E-state index is 11.7. The number of benzene rings is 1. The zero-order valence-corrected chi connectivity index (χ0v) is 12.1. The first-order valence-corrected chi connectivity index (χ1v) is 6.44. The molecule has 1 unspecified atom stereocenters. The molecule has 0 spiro atoms. The van der Waals surface area contributed by atoms with E-state index in [-0.39, 0.29) is 6.61 Å². The van der Waals surface area contributed by atoms with Gasteiger partial charge in [-0.1, -0.05) is 51.1 Å². The van der Waals surface area contributed by atoms with Crippen LogP contribution in [0, 0.1) is 5.41 Å². The highest BCUT2D eigenvalue weighted by Gasteiger charge is 2.32. The molecular weight excluding hydrogens is 258 g/mol. The quantitative estimate of drug-likeness (QED) is 0.833. The number of aliphatic carboxylic acids is 1. The molecule has 2 N–H and O–H groups in total. The van der Waals surface area contributed by atoms with Crippen molar-refractivity contribution < 1.29 is 19.4 Å². The second-order valence-corrected chi connectivity index (χ2v) is 5.68. The van der Waals surface area contributed by atoms with Crippen molar-refractivity contribution in [1.82, 2.24) is 5.32 Å². The molecule has 5 heteroatoms. The van der Waals surface area contributed by atoms with E-state index in [1.165, 1.54) is 0 Å². The molecule has 0 aliphatic rings. The van der Waals surface area contributed by atoms with Gasteiger partial charge in [-0.2, -0.15) is 0 Å². The average Bonchev–Trinajstić information content (AvgIpc) is 2.35. The number of amides is 1. The number of carboxylic acids is 1. The normalized spacial score (nSPS) is 12.8. The molecule has 0 heterocycles. The predicted octanol–water partition coefficient (Wildman–Crippen LogP) is 1.82. The van der Waals surface area contributed by atoms with Gasteiger partial charge in [0.25, 0.3) is 0 Å². The van der Waals surface area contributed by atoms with Crippen molar-refractivity contribution in [3.63, 3.8) is 0 Å². The molecular formula is C15H21NO4. The lowest BCUT2D eigenvalue weighted by atomic mass is 9.87. The summed E-state index contributed by atoms with van der Waals surface area (Å²) in [6, 6.07) is 8.53. The van der Waals surface area contributed by atoms with Crippen LogP contribution >= 0.6 is 0 Å². The van der Waals surface area contributed by atoms with Crippen molar-refractivity contribution >= 4 is 11.9 Å². The smallest absolute Gasteiger partial charge is 0.326 e. The maximum absolute atomic E-state index is 11.7. The van der Waals surface area contributed by atoms with Crippen LogP contribution in [0.25, 0.3) is 0 Å². The third-order valence-electron chi connectivity index (χ3n) is 2.76. The van der Waals surface area contributed by atoms with Gasteiger partial charge in [-0.15, -0.1) is 0 Å². The molecule has 0 aliphatic heterocycles. The molecule has 0 aliphatic carbocycles. The fraction of sp³-hybridized carbons (Fsp3) is 0.467. The van der Waals surface area contributed by atoms with Crippen LogP contribution in [0.5, 0.6) is 0 Å². The summed E-state index contributed by atoms with van der Waals surface area (Å²) in [5, 5.41) is 11.6. The topological polar surface area (TPSA) is 75.6 Å². The SMILES string of the molecule is CC(C)(C)C(NC(=O)COCc1ccccc1)C(=O)O. The van der Waals surface area contributed by atoms with Gasteiger partial charge in [0.05, 0.1) is 6.61 Å². The van der Waals surface area contributed by atoms with Crippen LogP contribution in [0.1, 0.15) is 26.3 Å². The highest BCUT2D eigenvalue weighted by molar-refractivity contribution is 5.84. The van der Waals surface area contributed by atoms with Crippen LogP contribution in [-0.4, -0.2) is 29.6 Å². The van der Waals surface area contributed by atoms with Crippen LogP contribution in [0.2, 0.25) is 0 Å². The van der Waals surface area contributed by atoms with Crippen molar-refractivity contribution in [3.05, 3.63) is 35.9 Å². The lowest BCUT2D eigenvalue weighted by Crippen LogP contribution is -2.50. The Bertz CT molecular complexity index is 451. The van der Waals surface area contributed by atoms with Gasteiger partial charge in [-0.05, 0) is 11.0 Å². The van der Waals surface area contributed by atoms with Crippen LogP contribution < -0.4 is 5.32 Å². The van der Waals surface area contributed by atoms with Gasteiger partial charge in [-0.3, -0.25) is 4.79 Å². The van der Waals surface area contributed by atoms with E-state index in [4.69, 9.17) is 9.84 Å². The van der Waals surface area contributed by atoms with E-state index in [0.29, 0.717) is 6.61 Å². The molecule has 5 nitrogen and oxygen atoms in total. The molecule has 1 rings (SSSR count). The lowest BCUT2D eigenvalue weighted by molar-refractivity contribution is -0.145. The summed E-state index contributed by atoms with van der Waals surface area (Å²) in [5.74, 6) is -1.47. The molecule has 0 aromatic heterocycles. The van der Waals surface area contributed by atoms with Crippen molar-refractivity contribution in [2.24, 2.45) is 5.41 Å². The standard InChI is InChI=1S/C15H21NO4/c1-15(2,3)13(14(18)19)16-12(17)10-20-9-11-7-5-4-6-8-11/h4-8,13H,9-10H2,1-3H3,(H,16,17)(H,18,19). The molecule has 0 saturated heterocycles. The molecule has 20 heavy (non-hydrogen) atoms. The maximum Gasteiger partial charge on any atom is 0.326 e. The summed E-state index contributed by atoms with van der Waals surface area (Å²) in [6.07, 6.45) is 0. The molecule has 1 aromatic carbocycles. The Morgan fingerprint density at radius 2 is 1.85 bits per heavy atom. The van der Waals surface area contributed by atoms with Gasteiger partial charge in [0.1, 0.15) is 12.6 Å². The third kappa shape index (κ3) is 5.40. The van der Waals surface area contributed by atoms with Crippen molar-refractivity contribution in [3.8, 4) is 0 Å². The first-order valence-electron chi connectivity index (χ1n) is 6.44. The van der Waals surface area contributed by atoms with E-state index in [1.807, 2.05) is 30.3 Å². The number of hydrogen-bond donors (Lipinski definition) is 2. The highest BCUT2D eigenvalue weighted by Crippen LogP contribution is 2.19. The number of nitrogens with one attached hydrogen (secondary N) is 1. The van der Waals surface area contributed by atoms with Gasteiger partial charge in [-0.25, -0.2) is 4.79 Å². The Morgan fingerprint density at radius 3 is 2.35 bits per heavy atom. The number of carbonyl (C=O) groups is 2. The van der Waals surface area contributed by atoms with Crippen LogP contribution in [0.3, 0.4) is 0 Å². The third-order valence-corrected chi connectivity index (χ3v) is 2.76. The van der Waals surface area contributed by atoms with E-state index in [2.05, 4.69) is 5.32 Å². The molecule has 110 valence electrons. The Morgan fingerprint density at radius 1 is 1.25 bits per heavy atom. The van der Waals surface area contributed by atoms with Crippen LogP contribution in [0.15, 0.2) is 30.3 Å². The summed E-state index contributed by atoms with van der Waals surface area (Å²) >= 11 is 0. The van der Waals surface area contributed by atoms with E-state index >= 15 is 0 Å². The Balaban J connectivity index is 2.41. The van der Waals surface area contributed by atoms with Crippen molar-refractivity contribution in [1.29, 1.82) is 0 Å². The first kappa shape index (κ1) is 16.2. The molecule has 0 bridgehead atoms. The number of hydrogen-bond acceptors (Lipinski definition) is 3. The molecule has 1 atom stereocenters. The van der Waals surface area contributed by atoms with Gasteiger partial charge in [0.15, 0.2) is 0 Å². The second-order valence-electron chi connectivity index (χ2n) is 5.68. The van der Waals surface area contributed by atoms with E-state index in [1.54, 1.807) is 20.8 Å². The van der Waals surface area contributed by atoms with Crippen LogP contribution in [-0.2, 0) is 20.9 Å². The molecule has 0 radical (unpaired) electrons. The zero-order chi connectivity index (χ0) is 15.2. The average molecular weight is 279 g/mol. The van der Waals surface area contributed by atoms with Gasteiger partial charge in [0, 0.05) is 0 Å². The monoisotopic (exact) mass is 279 g/mol. The zero-order valence-electron chi connectivity index (χ0n) is 12.1. The number of carbonyl (C=O) groups excluding carboxylic acids is 1. The van der Waals surface area contributed by atoms with Gasteiger partial charge >= 0.3 is 5.97 Å². The van der Waals surface area contributed by atoms with Gasteiger partial charge < -0.3 is 15.2 Å². The summed E-state index contributed by atoms with van der Waals surface area (Å²) in [4.78, 5) is 22.8. The summed E-state index contributed by atoms with van der Waals surface area (Å²) in [5.41, 5.74) is 0.409. The van der Waals surface area contributed by atoms with Crippen LogP contribution in [0.4, 0.5) is 0 Å². The first-order chi connectivity index (χ1) is 9.30. The number of carboxylic acid groups (broad SMARTS) is 1. The van der Waals surface area contributed by atoms with E-state index < -0.39 is 23.3 Å². The Hall–Kier alpha value is -1.88. The van der Waals surface area contributed by atoms with Crippen molar-refractivity contribution in [2.45, 2.75) is 33.4 Å².